The van der Waals surface area contributed by atoms with E-state index in [4.69, 9.17) is 4.74 Å². The Bertz CT molecular complexity index is 378. The van der Waals surface area contributed by atoms with Crippen molar-refractivity contribution in [2.24, 2.45) is 0 Å². The molecular weight excluding hydrogens is 287 g/mol. The van der Waals surface area contributed by atoms with Crippen LogP contribution in [0.5, 0.6) is 0 Å². The highest BCUT2D eigenvalue weighted by molar-refractivity contribution is 9.10. The molecule has 1 atom stereocenters. The number of rotatable bonds is 5. The third kappa shape index (κ3) is 3.80. The van der Waals surface area contributed by atoms with E-state index in [2.05, 4.69) is 15.9 Å². The quantitative estimate of drug-likeness (QED) is 0.776. The number of carbonyl (C=O) groups excluding carboxylic acids is 1. The lowest BCUT2D eigenvalue weighted by atomic mass is 9.94. The summed E-state index contributed by atoms with van der Waals surface area (Å²) in [5.74, 6) is -0.773. The van der Waals surface area contributed by atoms with Crippen LogP contribution in [0.4, 0.5) is 4.39 Å². The molecule has 0 aliphatic carbocycles. The van der Waals surface area contributed by atoms with Crippen molar-refractivity contribution >= 4 is 21.9 Å². The van der Waals surface area contributed by atoms with E-state index in [1.54, 1.807) is 26.0 Å². The molecular formula is C13H16BrFO2. The first-order valence-corrected chi connectivity index (χ1v) is 6.41. The van der Waals surface area contributed by atoms with Gasteiger partial charge in [-0.3, -0.25) is 0 Å². The average molecular weight is 303 g/mol. The molecule has 0 N–H and O–H groups in total. The molecule has 0 aliphatic heterocycles. The van der Waals surface area contributed by atoms with Gasteiger partial charge in [0.1, 0.15) is 0 Å². The van der Waals surface area contributed by atoms with E-state index in [-0.39, 0.29) is 19.4 Å². The molecule has 94 valence electrons. The van der Waals surface area contributed by atoms with Gasteiger partial charge in [0.2, 0.25) is 5.67 Å². The molecule has 0 heterocycles. The van der Waals surface area contributed by atoms with Gasteiger partial charge < -0.3 is 4.74 Å². The van der Waals surface area contributed by atoms with Crippen molar-refractivity contribution < 1.29 is 13.9 Å². The lowest BCUT2D eigenvalue weighted by molar-refractivity contribution is -0.157. The van der Waals surface area contributed by atoms with E-state index in [9.17, 15) is 9.18 Å². The molecule has 1 rings (SSSR count). The first kappa shape index (κ1) is 14.2. The first-order chi connectivity index (χ1) is 8.01. The van der Waals surface area contributed by atoms with E-state index in [1.165, 1.54) is 0 Å². The Hall–Kier alpha value is -0.900. The van der Waals surface area contributed by atoms with Crippen LogP contribution in [0.3, 0.4) is 0 Å². The predicted octanol–water partition coefficient (Wildman–Crippen LogP) is 3.67. The Morgan fingerprint density at radius 3 is 2.41 bits per heavy atom. The van der Waals surface area contributed by atoms with E-state index in [0.717, 1.165) is 10.0 Å². The summed E-state index contributed by atoms with van der Waals surface area (Å²) in [5, 5.41) is 0. The highest BCUT2D eigenvalue weighted by Gasteiger charge is 2.38. The van der Waals surface area contributed by atoms with Crippen LogP contribution in [-0.4, -0.2) is 18.2 Å². The third-order valence-electron chi connectivity index (χ3n) is 2.60. The van der Waals surface area contributed by atoms with Crippen LogP contribution in [0.25, 0.3) is 0 Å². The van der Waals surface area contributed by atoms with Gasteiger partial charge in [0.15, 0.2) is 0 Å². The second-order valence-corrected chi connectivity index (χ2v) is 4.76. The number of alkyl halides is 1. The highest BCUT2D eigenvalue weighted by Crippen LogP contribution is 2.24. The fraction of sp³-hybridized carbons (Fsp3) is 0.462. The van der Waals surface area contributed by atoms with Crippen LogP contribution in [0.15, 0.2) is 28.7 Å². The van der Waals surface area contributed by atoms with Gasteiger partial charge in [-0.05, 0) is 31.0 Å². The molecule has 4 heteroatoms. The standard InChI is InChI=1S/C13H16BrFO2/c1-3-13(15,12(16)17-4-2)9-10-5-7-11(14)8-6-10/h5-8H,3-4,9H2,1-2H3. The zero-order chi connectivity index (χ0) is 12.9. The molecule has 1 aromatic carbocycles. The molecule has 0 saturated heterocycles. The summed E-state index contributed by atoms with van der Waals surface area (Å²) in [7, 11) is 0. The molecule has 0 bridgehead atoms. The van der Waals surface area contributed by atoms with E-state index >= 15 is 0 Å². The summed E-state index contributed by atoms with van der Waals surface area (Å²) >= 11 is 3.31. The average Bonchev–Trinajstić information content (AvgIpc) is 2.32. The van der Waals surface area contributed by atoms with Gasteiger partial charge in [0.05, 0.1) is 6.61 Å². The molecule has 0 aromatic heterocycles. The predicted molar refractivity (Wildman–Crippen MR) is 68.6 cm³/mol. The fourth-order valence-corrected chi connectivity index (χ4v) is 1.79. The molecule has 0 aliphatic rings. The van der Waals surface area contributed by atoms with Crippen LogP contribution in [-0.2, 0) is 16.0 Å². The number of carbonyl (C=O) groups is 1. The molecule has 0 fully saturated rings. The van der Waals surface area contributed by atoms with Crippen LogP contribution >= 0.6 is 15.9 Å². The molecule has 0 amide bonds. The summed E-state index contributed by atoms with van der Waals surface area (Å²) in [4.78, 5) is 11.6. The number of hydrogen-bond donors (Lipinski definition) is 0. The van der Waals surface area contributed by atoms with E-state index < -0.39 is 11.6 Å². The zero-order valence-corrected chi connectivity index (χ0v) is 11.6. The molecule has 2 nitrogen and oxygen atoms in total. The fourth-order valence-electron chi connectivity index (χ4n) is 1.53. The van der Waals surface area contributed by atoms with Gasteiger partial charge in [-0.25, -0.2) is 9.18 Å². The number of ether oxygens (including phenoxy) is 1. The van der Waals surface area contributed by atoms with Crippen LogP contribution in [0, 0.1) is 0 Å². The topological polar surface area (TPSA) is 26.3 Å². The number of halogens is 2. The monoisotopic (exact) mass is 302 g/mol. The summed E-state index contributed by atoms with van der Waals surface area (Å²) in [6.07, 6.45) is 0.164. The maximum absolute atomic E-state index is 14.4. The SMILES string of the molecule is CCOC(=O)C(F)(CC)Cc1ccc(Br)cc1. The number of benzene rings is 1. The number of hydrogen-bond acceptors (Lipinski definition) is 2. The zero-order valence-electron chi connectivity index (χ0n) is 10.0. The van der Waals surface area contributed by atoms with Gasteiger partial charge in [0, 0.05) is 10.9 Å². The smallest absolute Gasteiger partial charge is 0.344 e. The molecule has 0 saturated carbocycles. The summed E-state index contributed by atoms with van der Waals surface area (Å²) in [6, 6.07) is 7.26. The lowest BCUT2D eigenvalue weighted by Crippen LogP contribution is -2.37. The second-order valence-electron chi connectivity index (χ2n) is 3.84. The van der Waals surface area contributed by atoms with Crippen molar-refractivity contribution in [1.82, 2.24) is 0 Å². The van der Waals surface area contributed by atoms with E-state index in [1.807, 2.05) is 12.1 Å². The second kappa shape index (κ2) is 6.15. The van der Waals surface area contributed by atoms with Gasteiger partial charge in [-0.1, -0.05) is 35.0 Å². The van der Waals surface area contributed by atoms with Gasteiger partial charge in [0.25, 0.3) is 0 Å². The maximum Gasteiger partial charge on any atom is 0.344 e. The van der Waals surface area contributed by atoms with Crippen molar-refractivity contribution in [2.45, 2.75) is 32.4 Å². The normalized spacial score (nSPS) is 14.1. The Kier molecular flexibility index (Phi) is 5.12. The molecule has 0 radical (unpaired) electrons. The van der Waals surface area contributed by atoms with Crippen molar-refractivity contribution in [2.75, 3.05) is 6.61 Å². The van der Waals surface area contributed by atoms with Gasteiger partial charge in [-0.15, -0.1) is 0 Å². The summed E-state index contributed by atoms with van der Waals surface area (Å²) < 4.78 is 20.1. The van der Waals surface area contributed by atoms with Gasteiger partial charge >= 0.3 is 5.97 Å². The lowest BCUT2D eigenvalue weighted by Gasteiger charge is -2.21. The largest absolute Gasteiger partial charge is 0.464 e. The Morgan fingerprint density at radius 1 is 1.35 bits per heavy atom. The summed E-state index contributed by atoms with van der Waals surface area (Å²) in [6.45, 7) is 3.52. The minimum atomic E-state index is -1.93. The third-order valence-corrected chi connectivity index (χ3v) is 3.13. The minimum Gasteiger partial charge on any atom is -0.464 e. The van der Waals surface area contributed by atoms with Crippen molar-refractivity contribution in [1.29, 1.82) is 0 Å². The molecule has 17 heavy (non-hydrogen) atoms. The maximum atomic E-state index is 14.4. The van der Waals surface area contributed by atoms with Crippen LogP contribution in [0.2, 0.25) is 0 Å². The number of esters is 1. The van der Waals surface area contributed by atoms with Crippen molar-refractivity contribution in [3.05, 3.63) is 34.3 Å². The van der Waals surface area contributed by atoms with E-state index in [0.29, 0.717) is 0 Å². The molecule has 0 spiro atoms. The Morgan fingerprint density at radius 2 is 1.94 bits per heavy atom. The summed E-state index contributed by atoms with van der Waals surface area (Å²) in [5.41, 5.74) is -1.14. The molecule has 1 aromatic rings. The van der Waals surface area contributed by atoms with Crippen molar-refractivity contribution in [3.8, 4) is 0 Å². The van der Waals surface area contributed by atoms with Crippen LogP contribution in [0.1, 0.15) is 25.8 Å². The molecule has 1 unspecified atom stereocenters. The highest BCUT2D eigenvalue weighted by atomic mass is 79.9. The Balaban J connectivity index is 2.81. The first-order valence-electron chi connectivity index (χ1n) is 5.62. The Labute approximate surface area is 109 Å². The van der Waals surface area contributed by atoms with Crippen molar-refractivity contribution in [3.63, 3.8) is 0 Å². The minimum absolute atomic E-state index is 0.0512. The van der Waals surface area contributed by atoms with Gasteiger partial charge in [-0.2, -0.15) is 0 Å². The van der Waals surface area contributed by atoms with Crippen LogP contribution < -0.4 is 0 Å².